The van der Waals surface area contributed by atoms with E-state index in [4.69, 9.17) is 9.47 Å². The van der Waals surface area contributed by atoms with Crippen molar-refractivity contribution in [2.75, 3.05) is 0 Å². The van der Waals surface area contributed by atoms with Gasteiger partial charge in [-0.1, -0.05) is 54.6 Å². The Morgan fingerprint density at radius 2 is 1.00 bits per heavy atom. The summed E-state index contributed by atoms with van der Waals surface area (Å²) in [5.41, 5.74) is 0.557. The summed E-state index contributed by atoms with van der Waals surface area (Å²) in [5, 5.41) is 0. The smallest absolute Gasteiger partial charge is 0.343 e. The van der Waals surface area contributed by atoms with Crippen LogP contribution in [0.2, 0.25) is 0 Å². The summed E-state index contributed by atoms with van der Waals surface area (Å²) in [5.74, 6) is 0.536. The van der Waals surface area contributed by atoms with Crippen LogP contribution < -0.4 is 9.47 Å². The molecule has 0 atom stereocenters. The van der Waals surface area contributed by atoms with Crippen LogP contribution in [0.4, 0.5) is 0 Å². The van der Waals surface area contributed by atoms with E-state index < -0.39 is 0 Å². The third-order valence-electron chi connectivity index (χ3n) is 2.97. The van der Waals surface area contributed by atoms with Crippen molar-refractivity contribution in [3.8, 4) is 11.5 Å². The zero-order valence-corrected chi connectivity index (χ0v) is 20.0. The van der Waals surface area contributed by atoms with Gasteiger partial charge < -0.3 is 9.47 Å². The molecule has 5 heteroatoms. The summed E-state index contributed by atoms with van der Waals surface area (Å²) in [6, 6.07) is 26.9. The monoisotopic (exact) mass is 536 g/mol. The van der Waals surface area contributed by atoms with Gasteiger partial charge in [0.2, 0.25) is 0 Å². The average Bonchev–Trinajstić information content (AvgIpc) is 2.64. The second-order valence-corrected chi connectivity index (χ2v) is 4.98. The molecule has 26 heavy (non-hydrogen) atoms. The van der Waals surface area contributed by atoms with Crippen molar-refractivity contribution in [1.29, 1.82) is 0 Å². The Kier molecular flexibility index (Phi) is 9.94. The van der Waals surface area contributed by atoms with Gasteiger partial charge in [-0.2, -0.15) is 0 Å². The average molecular weight is 535 g/mol. The Morgan fingerprint density at radius 1 is 0.615 bits per heavy atom. The number of carbonyl (C=O) groups excluding carboxylic acids is 2. The Hall–Kier alpha value is -2.46. The molecule has 0 heterocycles. The van der Waals surface area contributed by atoms with Crippen molar-refractivity contribution in [2.24, 2.45) is 0 Å². The molecule has 0 fully saturated rings. The van der Waals surface area contributed by atoms with Crippen LogP contribution in [0, 0.1) is 0 Å². The van der Waals surface area contributed by atoms with Crippen LogP contribution in [0.5, 0.6) is 11.5 Å². The first kappa shape index (κ1) is 21.6. The normalized spacial score (nSPS) is 8.96. The Bertz CT molecular complexity index is 790. The Labute approximate surface area is 173 Å². The molecule has 0 N–H and O–H groups in total. The van der Waals surface area contributed by atoms with Crippen molar-refractivity contribution in [3.05, 3.63) is 96.6 Å². The summed E-state index contributed by atoms with van der Waals surface area (Å²) in [4.78, 5) is 22.0. The second kappa shape index (κ2) is 12.0. The van der Waals surface area contributed by atoms with Gasteiger partial charge in [-0.3, -0.25) is 4.79 Å². The van der Waals surface area contributed by atoms with Crippen molar-refractivity contribution in [2.45, 2.75) is 6.92 Å². The third kappa shape index (κ3) is 8.07. The molecule has 0 saturated heterocycles. The van der Waals surface area contributed by atoms with Gasteiger partial charge in [0, 0.05) is 34.6 Å². The van der Waals surface area contributed by atoms with Crippen LogP contribution in [0.1, 0.15) is 17.3 Å². The molecular formula is C21H18HgO4. The number of carbonyl (C=O) groups is 2. The largest absolute Gasteiger partial charge is 0.427 e. The molecule has 0 saturated carbocycles. The molecule has 0 aromatic heterocycles. The molecule has 3 rings (SSSR count). The van der Waals surface area contributed by atoms with E-state index in [-0.39, 0.29) is 39.6 Å². The summed E-state index contributed by atoms with van der Waals surface area (Å²) in [6.45, 7) is 1.38. The molecule has 0 aliphatic rings. The van der Waals surface area contributed by atoms with E-state index in [1.165, 1.54) is 6.92 Å². The van der Waals surface area contributed by atoms with Gasteiger partial charge in [-0.25, -0.2) is 4.79 Å². The molecule has 3 aromatic rings. The quantitative estimate of drug-likeness (QED) is 0.282. The SMILES string of the molecule is CC(=O)Oc1ccccc1.O=C(Oc1ccccc1)c1ccccc1.[Hg]. The predicted molar refractivity (Wildman–Crippen MR) is 95.6 cm³/mol. The van der Waals surface area contributed by atoms with Crippen LogP contribution in [0.15, 0.2) is 91.0 Å². The molecular weight excluding hydrogens is 517 g/mol. The van der Waals surface area contributed by atoms with Crippen molar-refractivity contribution in [3.63, 3.8) is 0 Å². The van der Waals surface area contributed by atoms with Crippen LogP contribution in [-0.4, -0.2) is 11.9 Å². The summed E-state index contributed by atoms with van der Waals surface area (Å²) in [7, 11) is 0. The van der Waals surface area contributed by atoms with E-state index in [0.717, 1.165) is 0 Å². The minimum atomic E-state index is -0.332. The molecule has 0 aliphatic heterocycles. The fraction of sp³-hybridized carbons (Fsp3) is 0.0476. The number of hydrogen-bond acceptors (Lipinski definition) is 4. The Balaban J connectivity index is 0.000000270. The first-order chi connectivity index (χ1) is 12.1. The van der Waals surface area contributed by atoms with E-state index in [9.17, 15) is 9.59 Å². The van der Waals surface area contributed by atoms with E-state index in [1.807, 2.05) is 54.6 Å². The van der Waals surface area contributed by atoms with E-state index >= 15 is 0 Å². The van der Waals surface area contributed by atoms with Gasteiger partial charge in [0.25, 0.3) is 0 Å². The molecule has 0 unspecified atom stereocenters. The van der Waals surface area contributed by atoms with Crippen LogP contribution >= 0.6 is 0 Å². The fourth-order valence-corrected chi connectivity index (χ4v) is 1.88. The van der Waals surface area contributed by atoms with E-state index in [0.29, 0.717) is 17.1 Å². The van der Waals surface area contributed by atoms with Gasteiger partial charge in [0.15, 0.2) is 0 Å². The number of benzene rings is 3. The maximum Gasteiger partial charge on any atom is 0.343 e. The number of rotatable bonds is 3. The zero-order chi connectivity index (χ0) is 17.9. The number of ether oxygens (including phenoxy) is 2. The third-order valence-corrected chi connectivity index (χ3v) is 2.97. The standard InChI is InChI=1S/C13H10O2.C8H8O2.Hg/c14-13(11-7-3-1-4-8-11)15-12-9-5-2-6-10-12;1-7(9)10-8-5-3-2-4-6-8;/h1-10H;2-6H,1H3;. The van der Waals surface area contributed by atoms with Crippen LogP contribution in [-0.2, 0) is 32.5 Å². The van der Waals surface area contributed by atoms with Gasteiger partial charge in [-0.15, -0.1) is 0 Å². The number of hydrogen-bond donors (Lipinski definition) is 0. The van der Waals surface area contributed by atoms with Crippen molar-refractivity contribution < 1.29 is 46.7 Å². The second-order valence-electron chi connectivity index (χ2n) is 4.98. The molecule has 3 aromatic carbocycles. The van der Waals surface area contributed by atoms with Gasteiger partial charge in [0.1, 0.15) is 11.5 Å². The molecule has 0 radical (unpaired) electrons. The molecule has 0 spiro atoms. The first-order valence-corrected chi connectivity index (χ1v) is 7.71. The van der Waals surface area contributed by atoms with Crippen LogP contribution in [0.3, 0.4) is 0 Å². The maximum absolute atomic E-state index is 11.6. The van der Waals surface area contributed by atoms with Crippen molar-refractivity contribution in [1.82, 2.24) is 0 Å². The molecule has 0 bridgehead atoms. The van der Waals surface area contributed by atoms with Gasteiger partial charge in [-0.05, 0) is 36.4 Å². The molecule has 4 nitrogen and oxygen atoms in total. The topological polar surface area (TPSA) is 52.6 Å². The number of esters is 2. The Morgan fingerprint density at radius 3 is 1.42 bits per heavy atom. The van der Waals surface area contributed by atoms with E-state index in [1.54, 1.807) is 36.4 Å². The van der Waals surface area contributed by atoms with Crippen molar-refractivity contribution >= 4 is 11.9 Å². The molecule has 128 valence electrons. The molecule has 0 aliphatic carbocycles. The zero-order valence-electron chi connectivity index (χ0n) is 14.5. The van der Waals surface area contributed by atoms with Crippen LogP contribution in [0.25, 0.3) is 0 Å². The summed E-state index contributed by atoms with van der Waals surface area (Å²) >= 11 is 0. The first-order valence-electron chi connectivity index (χ1n) is 7.71. The van der Waals surface area contributed by atoms with E-state index in [2.05, 4.69) is 0 Å². The summed E-state index contributed by atoms with van der Waals surface area (Å²) in [6.07, 6.45) is 0. The maximum atomic E-state index is 11.6. The minimum absolute atomic E-state index is 0. The van der Waals surface area contributed by atoms with Gasteiger partial charge >= 0.3 is 11.9 Å². The fourth-order valence-electron chi connectivity index (χ4n) is 1.88. The molecule has 0 amide bonds. The number of para-hydroxylation sites is 2. The predicted octanol–water partition coefficient (Wildman–Crippen LogP) is 4.52. The minimum Gasteiger partial charge on any atom is -0.427 e. The summed E-state index contributed by atoms with van der Waals surface area (Å²) < 4.78 is 9.94. The van der Waals surface area contributed by atoms with Gasteiger partial charge in [0.05, 0.1) is 5.56 Å².